The van der Waals surface area contributed by atoms with Crippen molar-refractivity contribution in [3.05, 3.63) is 22.2 Å². The Labute approximate surface area is 224 Å². The second-order valence-corrected chi connectivity index (χ2v) is 11.7. The number of amides is 1. The van der Waals surface area contributed by atoms with Crippen LogP contribution in [0.25, 0.3) is 0 Å². The number of methoxy groups -OCH3 is 1. The van der Waals surface area contributed by atoms with Gasteiger partial charge in [0.25, 0.3) is 0 Å². The molecule has 2 heterocycles. The molecule has 1 amide bonds. The number of thioether (sulfide) groups is 1. The van der Waals surface area contributed by atoms with Crippen LogP contribution >= 0.6 is 23.4 Å². The highest BCUT2D eigenvalue weighted by Crippen LogP contribution is 2.47. The molecule has 1 saturated heterocycles. The predicted octanol–water partition coefficient (Wildman–Crippen LogP) is 5.52. The third-order valence-corrected chi connectivity index (χ3v) is 7.69. The van der Waals surface area contributed by atoms with E-state index in [9.17, 15) is 18.0 Å². The number of nitrogens with one attached hydrogen (secondary N) is 2. The van der Waals surface area contributed by atoms with Gasteiger partial charge in [-0.3, -0.25) is 10.3 Å². The number of anilines is 1. The first kappa shape index (κ1) is 29.7. The minimum absolute atomic E-state index is 0.0764. The lowest BCUT2D eigenvalue weighted by atomic mass is 10.0. The summed E-state index contributed by atoms with van der Waals surface area (Å²) < 4.78 is 57.6. The fraction of sp³-hybridized carbons (Fsp3) is 0.667. The largest absolute Gasteiger partial charge is 0.444 e. The van der Waals surface area contributed by atoms with Crippen molar-refractivity contribution in [2.45, 2.75) is 69.4 Å². The van der Waals surface area contributed by atoms with Gasteiger partial charge in [-0.25, -0.2) is 4.79 Å². The first-order valence-electron chi connectivity index (χ1n) is 11.9. The number of hydrogen-bond acceptors (Lipinski definition) is 7. The Morgan fingerprint density at radius 1 is 1.24 bits per heavy atom. The minimum atomic E-state index is -4.68. The van der Waals surface area contributed by atoms with Gasteiger partial charge in [0.2, 0.25) is 0 Å². The monoisotopic (exact) mass is 566 g/mol. The Morgan fingerprint density at radius 2 is 1.86 bits per heavy atom. The smallest absolute Gasteiger partial charge is 0.417 e. The second-order valence-electron chi connectivity index (χ2n) is 10.3. The van der Waals surface area contributed by atoms with Gasteiger partial charge in [0.1, 0.15) is 18.2 Å². The standard InChI is InChI=1S/C24H34ClF3N4O4S/c1-13-8-31(9-14(2)32(13)22(33)36-23(3,4)5)21(29)16-7-17(24(26,27)28)18(25)20-19(16)30-15(11-37-20)10-35-12-34-6/h7,13-15,29-30H,8-12H2,1-6H3/t13-,14+,15-/m0/s1. The van der Waals surface area contributed by atoms with Crippen LogP contribution in [0, 0.1) is 5.41 Å². The summed E-state index contributed by atoms with van der Waals surface area (Å²) in [5, 5.41) is 11.8. The fourth-order valence-corrected chi connectivity index (χ4v) is 5.97. The Kier molecular flexibility index (Phi) is 9.19. The van der Waals surface area contributed by atoms with Crippen LogP contribution in [0.5, 0.6) is 0 Å². The van der Waals surface area contributed by atoms with Crippen molar-refractivity contribution in [2.75, 3.05) is 44.7 Å². The molecule has 0 spiro atoms. The van der Waals surface area contributed by atoms with E-state index in [1.807, 2.05) is 13.8 Å². The van der Waals surface area contributed by atoms with Crippen molar-refractivity contribution < 1.29 is 32.2 Å². The topological polar surface area (TPSA) is 87.1 Å². The van der Waals surface area contributed by atoms with Crippen molar-refractivity contribution in [1.29, 1.82) is 5.41 Å². The number of ether oxygens (including phenoxy) is 3. The molecule has 1 aromatic rings. The van der Waals surface area contributed by atoms with Gasteiger partial charge in [0.05, 0.1) is 45.9 Å². The number of halogens is 4. The van der Waals surface area contributed by atoms with Gasteiger partial charge < -0.3 is 24.4 Å². The summed E-state index contributed by atoms with van der Waals surface area (Å²) in [6.45, 7) is 9.89. The average molecular weight is 567 g/mol. The van der Waals surface area contributed by atoms with Crippen LogP contribution in [0.4, 0.5) is 23.7 Å². The van der Waals surface area contributed by atoms with E-state index in [1.165, 1.54) is 18.9 Å². The molecule has 1 fully saturated rings. The Morgan fingerprint density at radius 3 is 2.41 bits per heavy atom. The number of carbonyl (C=O) groups is 1. The van der Waals surface area contributed by atoms with Gasteiger partial charge in [-0.15, -0.1) is 11.8 Å². The van der Waals surface area contributed by atoms with Crippen LogP contribution < -0.4 is 5.32 Å². The van der Waals surface area contributed by atoms with Crippen molar-refractivity contribution in [3.8, 4) is 0 Å². The average Bonchev–Trinajstić information content (AvgIpc) is 2.76. The van der Waals surface area contributed by atoms with Crippen molar-refractivity contribution in [1.82, 2.24) is 9.80 Å². The summed E-state index contributed by atoms with van der Waals surface area (Å²) in [6.07, 6.45) is -5.14. The van der Waals surface area contributed by atoms with Crippen LogP contribution in [0.15, 0.2) is 11.0 Å². The highest BCUT2D eigenvalue weighted by Gasteiger charge is 2.40. The number of nitrogens with zero attached hydrogens (tertiary/aromatic N) is 2. The van der Waals surface area contributed by atoms with E-state index in [2.05, 4.69) is 5.32 Å². The molecule has 0 radical (unpaired) electrons. The van der Waals surface area contributed by atoms with Gasteiger partial charge in [0, 0.05) is 31.5 Å². The Balaban J connectivity index is 1.92. The Bertz CT molecular complexity index is 1010. The first-order chi connectivity index (χ1) is 17.1. The number of hydrogen-bond donors (Lipinski definition) is 2. The number of benzene rings is 1. The van der Waals surface area contributed by atoms with Gasteiger partial charge in [-0.05, 0) is 40.7 Å². The Hall–Kier alpha value is -1.89. The van der Waals surface area contributed by atoms with Crippen molar-refractivity contribution in [2.24, 2.45) is 0 Å². The molecule has 2 aliphatic heterocycles. The third kappa shape index (κ3) is 6.96. The molecule has 0 unspecified atom stereocenters. The molecule has 0 bridgehead atoms. The molecular formula is C24H34ClF3N4O4S. The lowest BCUT2D eigenvalue weighted by Crippen LogP contribution is -2.60. The number of fused-ring (bicyclic) bond motifs is 1. The zero-order valence-corrected chi connectivity index (χ0v) is 23.4. The quantitative estimate of drug-likeness (QED) is 0.210. The van der Waals surface area contributed by atoms with Crippen molar-refractivity contribution >= 4 is 41.0 Å². The summed E-state index contributed by atoms with van der Waals surface area (Å²) in [7, 11) is 1.50. The number of rotatable bonds is 5. The van der Waals surface area contributed by atoms with Gasteiger partial charge >= 0.3 is 12.3 Å². The van der Waals surface area contributed by atoms with E-state index in [0.29, 0.717) is 11.4 Å². The third-order valence-electron chi connectivity index (χ3n) is 5.92. The van der Waals surface area contributed by atoms with E-state index in [1.54, 1.807) is 30.6 Å². The van der Waals surface area contributed by atoms with E-state index in [4.69, 9.17) is 31.2 Å². The molecule has 0 aromatic heterocycles. The van der Waals surface area contributed by atoms with Crippen LogP contribution in [0.3, 0.4) is 0 Å². The minimum Gasteiger partial charge on any atom is -0.444 e. The molecular weight excluding hydrogens is 533 g/mol. The van der Waals surface area contributed by atoms with Gasteiger partial charge in [0.15, 0.2) is 0 Å². The lowest BCUT2D eigenvalue weighted by molar-refractivity contribution is -0.137. The van der Waals surface area contributed by atoms with Crippen LogP contribution in [-0.2, 0) is 20.4 Å². The summed E-state index contributed by atoms with van der Waals surface area (Å²) in [5.41, 5.74) is -1.17. The molecule has 0 saturated carbocycles. The highest BCUT2D eigenvalue weighted by atomic mass is 35.5. The van der Waals surface area contributed by atoms with E-state index >= 15 is 0 Å². The molecule has 1 aromatic carbocycles. The van der Waals surface area contributed by atoms with Crippen LogP contribution in [0.2, 0.25) is 5.02 Å². The maximum Gasteiger partial charge on any atom is 0.417 e. The molecule has 2 aliphatic rings. The number of amidine groups is 1. The second kappa shape index (κ2) is 11.5. The highest BCUT2D eigenvalue weighted by molar-refractivity contribution is 7.99. The van der Waals surface area contributed by atoms with Crippen LogP contribution in [0.1, 0.15) is 45.7 Å². The van der Waals surface area contributed by atoms with Crippen molar-refractivity contribution in [3.63, 3.8) is 0 Å². The van der Waals surface area contributed by atoms with E-state index in [0.717, 1.165) is 6.07 Å². The summed E-state index contributed by atoms with van der Waals surface area (Å²) in [6, 6.07) is 0.0580. The predicted molar refractivity (Wildman–Crippen MR) is 138 cm³/mol. The summed E-state index contributed by atoms with van der Waals surface area (Å²) >= 11 is 7.43. The van der Waals surface area contributed by atoms with E-state index < -0.39 is 23.4 Å². The molecule has 3 atom stereocenters. The molecule has 2 N–H and O–H groups in total. The zero-order valence-electron chi connectivity index (χ0n) is 21.8. The molecule has 13 heteroatoms. The zero-order chi connectivity index (χ0) is 27.7. The number of alkyl halides is 3. The van der Waals surface area contributed by atoms with Gasteiger partial charge in [-0.2, -0.15) is 13.2 Å². The van der Waals surface area contributed by atoms with Crippen LogP contribution in [-0.4, -0.2) is 84.8 Å². The van der Waals surface area contributed by atoms with E-state index in [-0.39, 0.29) is 65.9 Å². The molecule has 37 heavy (non-hydrogen) atoms. The molecule has 208 valence electrons. The first-order valence-corrected chi connectivity index (χ1v) is 13.2. The lowest BCUT2D eigenvalue weighted by Gasteiger charge is -2.45. The number of piperazine rings is 1. The fourth-order valence-electron chi connectivity index (χ4n) is 4.45. The maximum absolute atomic E-state index is 13.9. The molecule has 0 aliphatic carbocycles. The molecule has 3 rings (SSSR count). The van der Waals surface area contributed by atoms with Gasteiger partial charge in [-0.1, -0.05) is 11.6 Å². The SMILES string of the molecule is COCOC[C@H]1CSc2c(Cl)c(C(F)(F)F)cc(C(=N)N3C[C@@H](C)N(C(=O)OC(C)(C)C)[C@@H](C)C3)c2N1. The summed E-state index contributed by atoms with van der Waals surface area (Å²) in [5.74, 6) is 0.361. The summed E-state index contributed by atoms with van der Waals surface area (Å²) in [4.78, 5) is 16.3. The molecule has 8 nitrogen and oxygen atoms in total. The maximum atomic E-state index is 13.9. The number of carbonyl (C=O) groups excluding carboxylic acids is 1. The normalized spacial score (nSPS) is 22.4.